The summed E-state index contributed by atoms with van der Waals surface area (Å²) in [5.74, 6) is -0.116. The van der Waals surface area contributed by atoms with Crippen LogP contribution in [0, 0.1) is 0 Å². The van der Waals surface area contributed by atoms with Gasteiger partial charge in [0.2, 0.25) is 5.91 Å². The molecule has 0 bridgehead atoms. The molecule has 1 aliphatic rings. The Kier molecular flexibility index (Phi) is 7.99. The fourth-order valence-electron chi connectivity index (χ4n) is 3.79. The molecular formula is C24H32N4O2. The van der Waals surface area contributed by atoms with Crippen LogP contribution in [-0.2, 0) is 11.3 Å². The maximum absolute atomic E-state index is 12.4. The minimum absolute atomic E-state index is 0.0119. The van der Waals surface area contributed by atoms with E-state index in [0.29, 0.717) is 18.7 Å². The van der Waals surface area contributed by atoms with Crippen molar-refractivity contribution in [3.8, 4) is 11.1 Å². The molecule has 2 aromatic rings. The summed E-state index contributed by atoms with van der Waals surface area (Å²) in [5.41, 5.74) is 9.23. The lowest BCUT2D eigenvalue weighted by molar-refractivity contribution is -0.128. The Balaban J connectivity index is 1.53. The second-order valence-electron chi connectivity index (χ2n) is 7.89. The molecule has 1 saturated heterocycles. The molecule has 0 aliphatic carbocycles. The smallest absolute Gasteiger partial charge is 0.251 e. The molecule has 1 heterocycles. The van der Waals surface area contributed by atoms with Gasteiger partial charge < -0.3 is 20.9 Å². The molecule has 0 spiro atoms. The highest BCUT2D eigenvalue weighted by Crippen LogP contribution is 2.21. The lowest BCUT2D eigenvalue weighted by Gasteiger charge is -2.16. The number of nitrogens with two attached hydrogens (primary N) is 1. The van der Waals surface area contributed by atoms with E-state index >= 15 is 0 Å². The lowest BCUT2D eigenvalue weighted by atomic mass is 10.0. The van der Waals surface area contributed by atoms with E-state index in [1.807, 2.05) is 42.5 Å². The van der Waals surface area contributed by atoms with Crippen molar-refractivity contribution in [3.63, 3.8) is 0 Å². The van der Waals surface area contributed by atoms with E-state index < -0.39 is 0 Å². The fraction of sp³-hybridized carbons (Fsp3) is 0.417. The van der Waals surface area contributed by atoms with Crippen LogP contribution in [-0.4, -0.2) is 61.4 Å². The summed E-state index contributed by atoms with van der Waals surface area (Å²) in [6.45, 7) is 4.67. The third-order valence-corrected chi connectivity index (χ3v) is 5.56. The van der Waals surface area contributed by atoms with Crippen molar-refractivity contribution in [1.82, 2.24) is 15.1 Å². The Morgan fingerprint density at radius 1 is 1.07 bits per heavy atom. The van der Waals surface area contributed by atoms with Crippen molar-refractivity contribution in [2.24, 2.45) is 5.73 Å². The first kappa shape index (κ1) is 22.0. The predicted octanol–water partition coefficient (Wildman–Crippen LogP) is 2.49. The number of carbonyl (C=O) groups excluding carboxylic acids is 2. The molecule has 6 nitrogen and oxygen atoms in total. The van der Waals surface area contributed by atoms with Gasteiger partial charge in [-0.3, -0.25) is 9.59 Å². The van der Waals surface area contributed by atoms with Crippen LogP contribution < -0.4 is 11.1 Å². The van der Waals surface area contributed by atoms with E-state index in [1.54, 1.807) is 11.9 Å². The third kappa shape index (κ3) is 6.15. The van der Waals surface area contributed by atoms with Crippen molar-refractivity contribution in [2.45, 2.75) is 25.8 Å². The van der Waals surface area contributed by atoms with Gasteiger partial charge in [0.05, 0.1) is 6.54 Å². The number of nitrogens with one attached hydrogen (secondary N) is 1. The SMILES string of the molecule is CN(Cc1cccc(-c2ccc(C(=O)NCCCN3CCCC3)cc2)c1)C(=O)CN. The molecule has 160 valence electrons. The Bertz CT molecular complexity index is 845. The van der Waals surface area contributed by atoms with E-state index in [1.165, 1.54) is 25.9 Å². The summed E-state index contributed by atoms with van der Waals surface area (Å²) in [6, 6.07) is 15.7. The van der Waals surface area contributed by atoms with Gasteiger partial charge in [0, 0.05) is 25.7 Å². The maximum Gasteiger partial charge on any atom is 0.251 e. The Labute approximate surface area is 179 Å². The number of nitrogens with zero attached hydrogens (tertiary/aromatic N) is 2. The van der Waals surface area contributed by atoms with Crippen LogP contribution >= 0.6 is 0 Å². The van der Waals surface area contributed by atoms with Crippen molar-refractivity contribution < 1.29 is 9.59 Å². The van der Waals surface area contributed by atoms with Gasteiger partial charge in [0.15, 0.2) is 0 Å². The second kappa shape index (κ2) is 10.9. The first-order valence-electron chi connectivity index (χ1n) is 10.7. The van der Waals surface area contributed by atoms with Crippen LogP contribution in [0.15, 0.2) is 48.5 Å². The number of likely N-dealkylation sites (N-methyl/N-ethyl adjacent to an activating group) is 1. The van der Waals surface area contributed by atoms with E-state index in [-0.39, 0.29) is 18.4 Å². The number of benzene rings is 2. The molecule has 0 aromatic heterocycles. The summed E-state index contributed by atoms with van der Waals surface area (Å²) in [6.07, 6.45) is 3.58. The zero-order valence-electron chi connectivity index (χ0n) is 17.8. The molecule has 0 radical (unpaired) electrons. The molecule has 0 unspecified atom stereocenters. The molecule has 2 aromatic carbocycles. The first-order valence-corrected chi connectivity index (χ1v) is 10.7. The maximum atomic E-state index is 12.4. The number of amides is 2. The number of rotatable bonds is 9. The van der Waals surface area contributed by atoms with Crippen molar-refractivity contribution in [3.05, 3.63) is 59.7 Å². The van der Waals surface area contributed by atoms with Gasteiger partial charge in [-0.15, -0.1) is 0 Å². The highest BCUT2D eigenvalue weighted by Gasteiger charge is 2.11. The topological polar surface area (TPSA) is 78.7 Å². The molecule has 3 rings (SSSR count). The number of carbonyl (C=O) groups is 2. The predicted molar refractivity (Wildman–Crippen MR) is 120 cm³/mol. The Hall–Kier alpha value is -2.70. The lowest BCUT2D eigenvalue weighted by Crippen LogP contribution is -2.32. The molecular weight excluding hydrogens is 376 g/mol. The largest absolute Gasteiger partial charge is 0.352 e. The standard InChI is InChI=1S/C24H32N4O2/c1-27(23(29)17-25)18-19-6-4-7-22(16-19)20-8-10-21(11-9-20)24(30)26-12-5-15-28-13-2-3-14-28/h4,6-11,16H,2-3,5,12-15,17-18,25H2,1H3,(H,26,30). The van der Waals surface area contributed by atoms with Gasteiger partial charge in [-0.05, 0) is 73.8 Å². The normalized spacial score (nSPS) is 13.9. The van der Waals surface area contributed by atoms with Crippen molar-refractivity contribution >= 4 is 11.8 Å². The zero-order valence-corrected chi connectivity index (χ0v) is 17.8. The monoisotopic (exact) mass is 408 g/mol. The summed E-state index contributed by atoms with van der Waals surface area (Å²) in [5, 5.41) is 3.02. The van der Waals surface area contributed by atoms with Gasteiger partial charge >= 0.3 is 0 Å². The van der Waals surface area contributed by atoms with E-state index in [2.05, 4.69) is 16.3 Å². The second-order valence-corrected chi connectivity index (χ2v) is 7.89. The molecule has 1 aliphatic heterocycles. The van der Waals surface area contributed by atoms with Gasteiger partial charge in [0.25, 0.3) is 5.91 Å². The van der Waals surface area contributed by atoms with Crippen molar-refractivity contribution in [2.75, 3.05) is 39.8 Å². The number of likely N-dealkylation sites (tertiary alicyclic amines) is 1. The van der Waals surface area contributed by atoms with E-state index in [4.69, 9.17) is 5.73 Å². The van der Waals surface area contributed by atoms with Crippen LogP contribution in [0.2, 0.25) is 0 Å². The quantitative estimate of drug-likeness (QED) is 0.625. The average Bonchev–Trinajstić information content (AvgIpc) is 3.30. The van der Waals surface area contributed by atoms with Crippen LogP contribution in [0.5, 0.6) is 0 Å². The van der Waals surface area contributed by atoms with Crippen molar-refractivity contribution in [1.29, 1.82) is 0 Å². The minimum Gasteiger partial charge on any atom is -0.352 e. The molecule has 30 heavy (non-hydrogen) atoms. The van der Waals surface area contributed by atoms with E-state index in [9.17, 15) is 9.59 Å². The van der Waals surface area contributed by atoms with Crippen LogP contribution in [0.1, 0.15) is 35.2 Å². The van der Waals surface area contributed by atoms with Crippen LogP contribution in [0.25, 0.3) is 11.1 Å². The molecule has 6 heteroatoms. The van der Waals surface area contributed by atoms with Crippen LogP contribution in [0.4, 0.5) is 0 Å². The molecule has 2 amide bonds. The molecule has 0 atom stereocenters. The Morgan fingerprint density at radius 3 is 2.50 bits per heavy atom. The fourth-order valence-corrected chi connectivity index (χ4v) is 3.79. The summed E-state index contributed by atoms with van der Waals surface area (Å²) < 4.78 is 0. The summed E-state index contributed by atoms with van der Waals surface area (Å²) in [4.78, 5) is 28.2. The van der Waals surface area contributed by atoms with Crippen LogP contribution in [0.3, 0.4) is 0 Å². The summed E-state index contributed by atoms with van der Waals surface area (Å²) in [7, 11) is 1.75. The highest BCUT2D eigenvalue weighted by molar-refractivity contribution is 5.94. The zero-order chi connectivity index (χ0) is 21.3. The number of hydrogen-bond donors (Lipinski definition) is 2. The highest BCUT2D eigenvalue weighted by atomic mass is 16.2. The summed E-state index contributed by atoms with van der Waals surface area (Å²) >= 11 is 0. The van der Waals surface area contributed by atoms with Gasteiger partial charge in [-0.2, -0.15) is 0 Å². The molecule has 0 saturated carbocycles. The molecule has 3 N–H and O–H groups in total. The average molecular weight is 409 g/mol. The van der Waals surface area contributed by atoms with E-state index in [0.717, 1.165) is 29.7 Å². The van der Waals surface area contributed by atoms with Gasteiger partial charge in [0.1, 0.15) is 0 Å². The molecule has 1 fully saturated rings. The third-order valence-electron chi connectivity index (χ3n) is 5.56. The first-order chi connectivity index (χ1) is 14.6. The van der Waals surface area contributed by atoms with Gasteiger partial charge in [-0.1, -0.05) is 30.3 Å². The van der Waals surface area contributed by atoms with Gasteiger partial charge in [-0.25, -0.2) is 0 Å². The Morgan fingerprint density at radius 2 is 1.80 bits per heavy atom. The number of hydrogen-bond acceptors (Lipinski definition) is 4. The minimum atomic E-state index is -0.0869.